The number of nitrogens with zero attached hydrogens (tertiary/aromatic N) is 1. The number of hydrogen-bond donors (Lipinski definition) is 1. The third-order valence-corrected chi connectivity index (χ3v) is 5.08. The van der Waals surface area contributed by atoms with E-state index in [1.807, 2.05) is 37.3 Å². The summed E-state index contributed by atoms with van der Waals surface area (Å²) in [6.45, 7) is 6.30. The van der Waals surface area contributed by atoms with E-state index < -0.39 is 6.04 Å². The van der Waals surface area contributed by atoms with Crippen LogP contribution in [0.3, 0.4) is 0 Å². The predicted molar refractivity (Wildman–Crippen MR) is 118 cm³/mol. The second-order valence-electron chi connectivity index (χ2n) is 7.27. The van der Waals surface area contributed by atoms with E-state index in [0.29, 0.717) is 24.4 Å². The van der Waals surface area contributed by atoms with E-state index in [9.17, 15) is 9.59 Å². The largest absolute Gasteiger partial charge is 0.494 e. The van der Waals surface area contributed by atoms with Crippen molar-refractivity contribution in [3.63, 3.8) is 0 Å². The Balaban J connectivity index is 2.41. The van der Waals surface area contributed by atoms with Gasteiger partial charge in [0.2, 0.25) is 0 Å². The van der Waals surface area contributed by atoms with Crippen molar-refractivity contribution in [2.45, 2.75) is 45.1 Å². The number of rotatable bonds is 3. The van der Waals surface area contributed by atoms with Gasteiger partial charge in [-0.1, -0.05) is 50.1 Å². The summed E-state index contributed by atoms with van der Waals surface area (Å²) in [5, 5.41) is 4.08. The number of allylic oxidation sites excluding steroid dienone is 4. The van der Waals surface area contributed by atoms with Gasteiger partial charge < -0.3 is 10.1 Å². The van der Waals surface area contributed by atoms with Gasteiger partial charge in [0, 0.05) is 12.6 Å². The van der Waals surface area contributed by atoms with Crippen LogP contribution in [0.2, 0.25) is 0 Å². The van der Waals surface area contributed by atoms with Gasteiger partial charge in [-0.15, -0.1) is 0 Å². The molecule has 2 rings (SSSR count). The van der Waals surface area contributed by atoms with Gasteiger partial charge in [-0.05, 0) is 49.1 Å². The number of hydrogen-bond acceptors (Lipinski definition) is 4. The summed E-state index contributed by atoms with van der Waals surface area (Å²) in [4.78, 5) is 30.8. The molecule has 0 saturated heterocycles. The standard InChI is InChI=1S/C24H32N2O4/c1-5-12-19-17-18(2)20-13-9-10-14-21(20)23(27)25-22(24(28)26(3)29-4)15-8-6-7-11-16-30-19/h5,9-10,12-14,17,22H,1,6-8,11,15-16H2,2-4H3,(H,25,27)/b18-17+,19-12+. The maximum Gasteiger partial charge on any atom is 0.268 e. The average Bonchev–Trinajstić information content (AvgIpc) is 2.76. The molecule has 0 spiro atoms. The highest BCUT2D eigenvalue weighted by atomic mass is 16.7. The fourth-order valence-corrected chi connectivity index (χ4v) is 3.37. The van der Waals surface area contributed by atoms with Crippen LogP contribution in [0.15, 0.2) is 54.8 Å². The Morgan fingerprint density at radius 2 is 1.93 bits per heavy atom. The Morgan fingerprint density at radius 1 is 1.23 bits per heavy atom. The fourth-order valence-electron chi connectivity index (χ4n) is 3.37. The van der Waals surface area contributed by atoms with Crippen LogP contribution in [0.1, 0.15) is 54.9 Å². The van der Waals surface area contributed by atoms with Crippen LogP contribution in [0.5, 0.6) is 0 Å². The summed E-state index contributed by atoms with van der Waals surface area (Å²) in [5.41, 5.74) is 2.19. The van der Waals surface area contributed by atoms with E-state index >= 15 is 0 Å². The summed E-state index contributed by atoms with van der Waals surface area (Å²) < 4.78 is 5.91. The smallest absolute Gasteiger partial charge is 0.268 e. The number of ether oxygens (including phenoxy) is 1. The van der Waals surface area contributed by atoms with Gasteiger partial charge in [-0.2, -0.15) is 0 Å². The molecule has 0 radical (unpaired) electrons. The van der Waals surface area contributed by atoms with E-state index in [0.717, 1.165) is 41.9 Å². The highest BCUT2D eigenvalue weighted by Crippen LogP contribution is 2.22. The Morgan fingerprint density at radius 3 is 2.63 bits per heavy atom. The summed E-state index contributed by atoms with van der Waals surface area (Å²) in [5.74, 6) is 0.160. The quantitative estimate of drug-likeness (QED) is 0.754. The molecule has 2 amide bonds. The molecule has 0 saturated carbocycles. The maximum atomic E-state index is 13.1. The molecule has 1 aliphatic rings. The first-order valence-corrected chi connectivity index (χ1v) is 10.3. The van der Waals surface area contributed by atoms with Crippen molar-refractivity contribution in [2.24, 2.45) is 0 Å². The first-order valence-electron chi connectivity index (χ1n) is 10.3. The molecule has 1 aromatic carbocycles. The van der Waals surface area contributed by atoms with E-state index in [4.69, 9.17) is 9.57 Å². The van der Waals surface area contributed by atoms with Gasteiger partial charge in [-0.3, -0.25) is 14.4 Å². The number of likely N-dealkylation sites (N-methyl/N-ethyl adjacent to an activating group) is 1. The third-order valence-electron chi connectivity index (χ3n) is 5.08. The number of carbonyl (C=O) groups excluding carboxylic acids is 2. The van der Waals surface area contributed by atoms with Crippen molar-refractivity contribution in [3.05, 3.63) is 66.0 Å². The minimum atomic E-state index is -0.641. The summed E-state index contributed by atoms with van der Waals surface area (Å²) in [6.07, 6.45) is 9.65. The van der Waals surface area contributed by atoms with Gasteiger partial charge in [0.25, 0.3) is 11.8 Å². The molecule has 30 heavy (non-hydrogen) atoms. The van der Waals surface area contributed by atoms with Crippen LogP contribution < -0.4 is 5.32 Å². The molecule has 6 nitrogen and oxygen atoms in total. The number of nitrogens with one attached hydrogen (secondary N) is 1. The van der Waals surface area contributed by atoms with E-state index in [2.05, 4.69) is 11.9 Å². The highest BCUT2D eigenvalue weighted by Gasteiger charge is 2.25. The zero-order chi connectivity index (χ0) is 21.9. The number of hydroxylamine groups is 2. The molecule has 1 atom stereocenters. The zero-order valence-corrected chi connectivity index (χ0v) is 18.1. The molecule has 1 aromatic rings. The van der Waals surface area contributed by atoms with Gasteiger partial charge in [0.05, 0.1) is 13.7 Å². The monoisotopic (exact) mass is 412 g/mol. The zero-order valence-electron chi connectivity index (χ0n) is 18.1. The van der Waals surface area contributed by atoms with Crippen LogP contribution in [0, 0.1) is 0 Å². The van der Waals surface area contributed by atoms with Crippen molar-refractivity contribution in [3.8, 4) is 0 Å². The van der Waals surface area contributed by atoms with E-state index in [-0.39, 0.29) is 11.8 Å². The molecule has 0 bridgehead atoms. The van der Waals surface area contributed by atoms with Crippen molar-refractivity contribution in [1.82, 2.24) is 10.4 Å². The maximum absolute atomic E-state index is 13.1. The Kier molecular flexibility index (Phi) is 9.35. The second kappa shape index (κ2) is 12.0. The number of carbonyl (C=O) groups is 2. The molecule has 1 unspecified atom stereocenters. The molecular formula is C24H32N2O4. The van der Waals surface area contributed by atoms with Crippen LogP contribution >= 0.6 is 0 Å². The normalized spacial score (nSPS) is 21.7. The van der Waals surface area contributed by atoms with Crippen molar-refractivity contribution >= 4 is 17.4 Å². The molecular weight excluding hydrogens is 380 g/mol. The van der Waals surface area contributed by atoms with Crippen LogP contribution in [-0.2, 0) is 14.4 Å². The molecule has 0 aromatic heterocycles. The topological polar surface area (TPSA) is 67.9 Å². The van der Waals surface area contributed by atoms with Crippen LogP contribution in [0.4, 0.5) is 0 Å². The summed E-state index contributed by atoms with van der Waals surface area (Å²) in [7, 11) is 2.99. The van der Waals surface area contributed by atoms with E-state index in [1.165, 1.54) is 7.11 Å². The Labute approximate surface area is 179 Å². The van der Waals surface area contributed by atoms with Crippen molar-refractivity contribution in [1.29, 1.82) is 0 Å². The fraction of sp³-hybridized carbons (Fsp3) is 0.417. The second-order valence-corrected chi connectivity index (χ2v) is 7.27. The minimum absolute atomic E-state index is 0.264. The summed E-state index contributed by atoms with van der Waals surface area (Å²) >= 11 is 0. The summed E-state index contributed by atoms with van der Waals surface area (Å²) in [6, 6.07) is 6.71. The lowest BCUT2D eigenvalue weighted by Gasteiger charge is -2.23. The lowest BCUT2D eigenvalue weighted by Crippen LogP contribution is -2.47. The number of fused-ring (bicyclic) bond motifs is 1. The Hall–Kier alpha value is -2.86. The number of benzene rings is 1. The van der Waals surface area contributed by atoms with E-state index in [1.54, 1.807) is 19.2 Å². The van der Waals surface area contributed by atoms with Crippen molar-refractivity contribution in [2.75, 3.05) is 20.8 Å². The van der Waals surface area contributed by atoms with Gasteiger partial charge >= 0.3 is 0 Å². The average molecular weight is 413 g/mol. The molecule has 0 aliphatic carbocycles. The molecule has 162 valence electrons. The van der Waals surface area contributed by atoms with Gasteiger partial charge in [-0.25, -0.2) is 5.06 Å². The molecule has 1 aliphatic heterocycles. The Bertz CT molecular complexity index is 813. The number of amides is 2. The van der Waals surface area contributed by atoms with Crippen LogP contribution in [0.25, 0.3) is 5.57 Å². The SMILES string of the molecule is C=C/C=C1\C=C(/C)c2ccccc2C(=O)NC(C(=O)N(C)OC)CCCCCCO1. The molecule has 1 N–H and O–H groups in total. The molecule has 6 heteroatoms. The molecule has 1 heterocycles. The van der Waals surface area contributed by atoms with Gasteiger partial charge in [0.15, 0.2) is 0 Å². The van der Waals surface area contributed by atoms with Gasteiger partial charge in [0.1, 0.15) is 11.8 Å². The predicted octanol–water partition coefficient (Wildman–Crippen LogP) is 4.26. The highest BCUT2D eigenvalue weighted by molar-refractivity contribution is 6.01. The van der Waals surface area contributed by atoms with Crippen LogP contribution in [-0.4, -0.2) is 43.7 Å². The first-order chi connectivity index (χ1) is 14.5. The van der Waals surface area contributed by atoms with Crippen molar-refractivity contribution < 1.29 is 19.2 Å². The lowest BCUT2D eigenvalue weighted by atomic mass is 9.98. The molecule has 0 fully saturated rings. The minimum Gasteiger partial charge on any atom is -0.494 e. The first kappa shape index (κ1) is 23.4. The third kappa shape index (κ3) is 6.59. The lowest BCUT2D eigenvalue weighted by molar-refractivity contribution is -0.171.